The molecule has 4 heteroatoms. The van der Waals surface area contributed by atoms with Gasteiger partial charge in [-0.05, 0) is 29.7 Å². The summed E-state index contributed by atoms with van der Waals surface area (Å²) in [5.74, 6) is 0. The fourth-order valence-electron chi connectivity index (χ4n) is 1.60. The highest BCUT2D eigenvalue weighted by Crippen LogP contribution is 2.14. The van der Waals surface area contributed by atoms with Crippen molar-refractivity contribution in [2.45, 2.75) is 12.5 Å². The molecule has 0 radical (unpaired) electrons. The zero-order valence-corrected chi connectivity index (χ0v) is 11.0. The molecule has 0 amide bonds. The first-order chi connectivity index (χ1) is 7.36. The highest BCUT2D eigenvalue weighted by molar-refractivity contribution is 5.85. The number of halogens is 2. The number of aromatic nitrogens is 1. The molecule has 92 valence electrons. The predicted octanol–water partition coefficient (Wildman–Crippen LogP) is 3.17. The summed E-state index contributed by atoms with van der Waals surface area (Å²) in [5, 5.41) is 0. The van der Waals surface area contributed by atoms with Crippen molar-refractivity contribution in [1.29, 1.82) is 0 Å². The molecule has 0 aliphatic rings. The third-order valence-corrected chi connectivity index (χ3v) is 2.43. The van der Waals surface area contributed by atoms with Crippen LogP contribution in [0.25, 0.3) is 0 Å². The number of benzene rings is 1. The maximum absolute atomic E-state index is 6.10. The smallest absolute Gasteiger partial charge is 0.0336 e. The summed E-state index contributed by atoms with van der Waals surface area (Å²) in [6, 6.07) is 14.3. The molecule has 1 heterocycles. The zero-order chi connectivity index (χ0) is 10.5. The molecular formula is C13H16Cl2N2. The van der Waals surface area contributed by atoms with Gasteiger partial charge in [-0.2, -0.15) is 0 Å². The van der Waals surface area contributed by atoms with Crippen molar-refractivity contribution < 1.29 is 0 Å². The van der Waals surface area contributed by atoms with Crippen LogP contribution in [0.5, 0.6) is 0 Å². The second kappa shape index (κ2) is 8.07. The molecule has 1 atom stereocenters. The van der Waals surface area contributed by atoms with Crippen molar-refractivity contribution in [2.24, 2.45) is 5.73 Å². The number of nitrogens with two attached hydrogens (primary N) is 1. The summed E-state index contributed by atoms with van der Waals surface area (Å²) in [7, 11) is 0. The number of pyridine rings is 1. The zero-order valence-electron chi connectivity index (χ0n) is 9.32. The lowest BCUT2D eigenvalue weighted by Crippen LogP contribution is -2.13. The quantitative estimate of drug-likeness (QED) is 0.931. The summed E-state index contributed by atoms with van der Waals surface area (Å²) in [6.45, 7) is 0. The molecule has 0 spiro atoms. The average molecular weight is 271 g/mol. The molecule has 1 aromatic carbocycles. The number of nitrogens with zero attached hydrogens (tertiary/aromatic N) is 1. The molecule has 2 N–H and O–H groups in total. The van der Waals surface area contributed by atoms with Gasteiger partial charge in [0.1, 0.15) is 0 Å². The van der Waals surface area contributed by atoms with Gasteiger partial charge in [-0.15, -0.1) is 24.8 Å². The van der Waals surface area contributed by atoms with E-state index in [-0.39, 0.29) is 30.9 Å². The Labute approximate surface area is 114 Å². The van der Waals surface area contributed by atoms with Gasteiger partial charge in [0.2, 0.25) is 0 Å². The maximum atomic E-state index is 6.10. The molecule has 0 bridgehead atoms. The largest absolute Gasteiger partial charge is 0.324 e. The van der Waals surface area contributed by atoms with Gasteiger partial charge in [0.05, 0.1) is 0 Å². The molecule has 2 aromatic rings. The summed E-state index contributed by atoms with van der Waals surface area (Å²) >= 11 is 0. The highest BCUT2D eigenvalue weighted by atomic mass is 35.5. The molecule has 0 saturated heterocycles. The first-order valence-corrected chi connectivity index (χ1v) is 5.05. The van der Waals surface area contributed by atoms with Crippen LogP contribution >= 0.6 is 24.8 Å². The minimum absolute atomic E-state index is 0. The van der Waals surface area contributed by atoms with Crippen LogP contribution < -0.4 is 5.73 Å². The van der Waals surface area contributed by atoms with Crippen LogP contribution in [0.3, 0.4) is 0 Å². The number of hydrogen-bond acceptors (Lipinski definition) is 2. The van der Waals surface area contributed by atoms with Gasteiger partial charge in [0, 0.05) is 18.4 Å². The minimum Gasteiger partial charge on any atom is -0.324 e. The standard InChI is InChI=1S/C13H14N2.2ClH/c14-13(12-6-8-15-9-7-12)10-11-4-2-1-3-5-11;;/h1-9,13H,10,14H2;2*1H. The van der Waals surface area contributed by atoms with Crippen LogP contribution in [-0.2, 0) is 6.42 Å². The van der Waals surface area contributed by atoms with Crippen molar-refractivity contribution in [3.8, 4) is 0 Å². The van der Waals surface area contributed by atoms with Crippen molar-refractivity contribution in [3.63, 3.8) is 0 Å². The van der Waals surface area contributed by atoms with E-state index in [1.165, 1.54) is 5.56 Å². The van der Waals surface area contributed by atoms with Crippen molar-refractivity contribution in [3.05, 3.63) is 66.0 Å². The lowest BCUT2D eigenvalue weighted by atomic mass is 10.0. The fourth-order valence-corrected chi connectivity index (χ4v) is 1.60. The van der Waals surface area contributed by atoms with Crippen LogP contribution in [0.1, 0.15) is 17.2 Å². The lowest BCUT2D eigenvalue weighted by molar-refractivity contribution is 0.720. The predicted molar refractivity (Wildman–Crippen MR) is 75.8 cm³/mol. The van der Waals surface area contributed by atoms with E-state index in [0.29, 0.717) is 0 Å². The molecule has 17 heavy (non-hydrogen) atoms. The SMILES string of the molecule is Cl.Cl.NC(Cc1ccccc1)c1ccncc1. The van der Waals surface area contributed by atoms with E-state index in [0.717, 1.165) is 12.0 Å². The van der Waals surface area contributed by atoms with Crippen LogP contribution in [0.15, 0.2) is 54.9 Å². The molecular weight excluding hydrogens is 255 g/mol. The summed E-state index contributed by atoms with van der Waals surface area (Å²) in [4.78, 5) is 3.98. The van der Waals surface area contributed by atoms with Crippen molar-refractivity contribution >= 4 is 24.8 Å². The average Bonchev–Trinajstić information content (AvgIpc) is 2.31. The Hall–Kier alpha value is -1.09. The van der Waals surface area contributed by atoms with E-state index >= 15 is 0 Å². The molecule has 0 fully saturated rings. The van der Waals surface area contributed by atoms with Crippen LogP contribution in [0.4, 0.5) is 0 Å². The molecule has 0 aliphatic carbocycles. The van der Waals surface area contributed by atoms with E-state index in [4.69, 9.17) is 5.73 Å². The highest BCUT2D eigenvalue weighted by Gasteiger charge is 2.05. The van der Waals surface area contributed by atoms with E-state index in [1.54, 1.807) is 12.4 Å². The molecule has 2 rings (SSSR count). The van der Waals surface area contributed by atoms with Gasteiger partial charge in [0.15, 0.2) is 0 Å². The molecule has 1 unspecified atom stereocenters. The van der Waals surface area contributed by atoms with Gasteiger partial charge in [0.25, 0.3) is 0 Å². The summed E-state index contributed by atoms with van der Waals surface area (Å²) in [5.41, 5.74) is 8.50. The first-order valence-electron chi connectivity index (χ1n) is 5.05. The molecule has 0 aliphatic heterocycles. The minimum atomic E-state index is 0. The maximum Gasteiger partial charge on any atom is 0.0336 e. The fraction of sp³-hybridized carbons (Fsp3) is 0.154. The first kappa shape index (κ1) is 15.9. The monoisotopic (exact) mass is 270 g/mol. The Morgan fingerprint density at radius 3 is 2.12 bits per heavy atom. The normalized spacial score (nSPS) is 10.9. The van der Waals surface area contributed by atoms with Crippen LogP contribution in [0.2, 0.25) is 0 Å². The van der Waals surface area contributed by atoms with Gasteiger partial charge in [-0.3, -0.25) is 4.98 Å². The topological polar surface area (TPSA) is 38.9 Å². The Morgan fingerprint density at radius 1 is 0.941 bits per heavy atom. The summed E-state index contributed by atoms with van der Waals surface area (Å²) in [6.07, 6.45) is 4.42. The van der Waals surface area contributed by atoms with Gasteiger partial charge < -0.3 is 5.73 Å². The Balaban J connectivity index is 0.00000128. The van der Waals surface area contributed by atoms with E-state index in [1.807, 2.05) is 30.3 Å². The van der Waals surface area contributed by atoms with Gasteiger partial charge in [-0.1, -0.05) is 30.3 Å². The second-order valence-corrected chi connectivity index (χ2v) is 3.58. The lowest BCUT2D eigenvalue weighted by Gasteiger charge is -2.11. The van der Waals surface area contributed by atoms with Crippen LogP contribution in [-0.4, -0.2) is 4.98 Å². The van der Waals surface area contributed by atoms with Crippen molar-refractivity contribution in [2.75, 3.05) is 0 Å². The molecule has 0 saturated carbocycles. The summed E-state index contributed by atoms with van der Waals surface area (Å²) < 4.78 is 0. The number of hydrogen-bond donors (Lipinski definition) is 1. The Kier molecular flexibility index (Phi) is 7.55. The van der Waals surface area contributed by atoms with E-state index in [9.17, 15) is 0 Å². The number of rotatable bonds is 3. The molecule has 2 nitrogen and oxygen atoms in total. The van der Waals surface area contributed by atoms with Gasteiger partial charge in [-0.25, -0.2) is 0 Å². The Morgan fingerprint density at radius 2 is 1.53 bits per heavy atom. The Bertz CT molecular complexity index is 406. The second-order valence-electron chi connectivity index (χ2n) is 3.58. The third-order valence-electron chi connectivity index (χ3n) is 2.43. The third kappa shape index (κ3) is 4.73. The molecule has 1 aromatic heterocycles. The van der Waals surface area contributed by atoms with E-state index < -0.39 is 0 Å². The van der Waals surface area contributed by atoms with Crippen molar-refractivity contribution in [1.82, 2.24) is 4.98 Å². The van der Waals surface area contributed by atoms with E-state index in [2.05, 4.69) is 17.1 Å². The van der Waals surface area contributed by atoms with Gasteiger partial charge >= 0.3 is 0 Å². The van der Waals surface area contributed by atoms with Crippen LogP contribution in [0, 0.1) is 0 Å².